The lowest BCUT2D eigenvalue weighted by Crippen LogP contribution is -2.37. The Balaban J connectivity index is 1.53. The quantitative estimate of drug-likeness (QED) is 0.331. The lowest BCUT2D eigenvalue weighted by Gasteiger charge is -2.27. The summed E-state index contributed by atoms with van der Waals surface area (Å²) in [6.07, 6.45) is 3.51. The van der Waals surface area contributed by atoms with Gasteiger partial charge in [0.25, 0.3) is 5.09 Å². The number of anilines is 1. The molecule has 0 aromatic carbocycles. The molecule has 0 spiro atoms. The topological polar surface area (TPSA) is 158 Å². The van der Waals surface area contributed by atoms with Gasteiger partial charge in [-0.2, -0.15) is 9.97 Å². The maximum Gasteiger partial charge on any atom is 0.294 e. The summed E-state index contributed by atoms with van der Waals surface area (Å²) in [5.74, 6) is 0.490. The highest BCUT2D eigenvalue weighted by Gasteiger charge is 2.92. The second-order valence-corrected chi connectivity index (χ2v) is 9.28. The Morgan fingerprint density at radius 2 is 2.06 bits per heavy atom. The number of hydrogen-bond acceptors (Lipinski definition) is 10. The van der Waals surface area contributed by atoms with E-state index in [1.54, 1.807) is 13.8 Å². The number of imidazole rings is 1. The van der Waals surface area contributed by atoms with Crippen LogP contribution in [0.1, 0.15) is 45.8 Å². The third kappa shape index (κ3) is 2.62. The third-order valence-electron chi connectivity index (χ3n) is 7.21. The molecule has 3 aliphatic rings. The summed E-state index contributed by atoms with van der Waals surface area (Å²) in [5.41, 5.74) is -3.74. The Bertz CT molecular complexity index is 1060. The van der Waals surface area contributed by atoms with Crippen LogP contribution in [-0.2, 0) is 9.57 Å². The number of rotatable bonds is 6. The number of nitrogens with one attached hydrogen (secondary N) is 1. The first kappa shape index (κ1) is 20.6. The van der Waals surface area contributed by atoms with Crippen molar-refractivity contribution in [3.63, 3.8) is 0 Å². The zero-order valence-corrected chi connectivity index (χ0v) is 17.7. The van der Waals surface area contributed by atoms with Crippen molar-refractivity contribution in [3.05, 3.63) is 21.7 Å². The number of hydrogen-bond donors (Lipinski definition) is 3. The Labute approximate surface area is 181 Å². The number of nitrogens with zero attached hydrogens (tertiary/aromatic N) is 5. The van der Waals surface area contributed by atoms with Gasteiger partial charge in [-0.15, -0.1) is 10.1 Å². The van der Waals surface area contributed by atoms with E-state index >= 15 is 0 Å². The molecular weight excluding hydrogens is 432 g/mol. The van der Waals surface area contributed by atoms with E-state index in [-0.39, 0.29) is 11.3 Å². The van der Waals surface area contributed by atoms with Crippen molar-refractivity contribution in [2.24, 2.45) is 5.41 Å². The second kappa shape index (κ2) is 6.61. The summed E-state index contributed by atoms with van der Waals surface area (Å²) in [6, 6.07) is 0.266. The lowest BCUT2D eigenvalue weighted by molar-refractivity contribution is -0.759. The van der Waals surface area contributed by atoms with Crippen LogP contribution in [0.5, 0.6) is 0 Å². The van der Waals surface area contributed by atoms with E-state index in [4.69, 9.17) is 16.3 Å². The average Bonchev–Trinajstić information content (AvgIpc) is 3.28. The van der Waals surface area contributed by atoms with E-state index in [1.165, 1.54) is 10.9 Å². The van der Waals surface area contributed by atoms with Gasteiger partial charge in [0.2, 0.25) is 5.28 Å². The molecule has 3 heterocycles. The molecule has 2 aromatic rings. The van der Waals surface area contributed by atoms with Gasteiger partial charge >= 0.3 is 0 Å². The van der Waals surface area contributed by atoms with Crippen LogP contribution in [0.15, 0.2) is 6.33 Å². The van der Waals surface area contributed by atoms with Gasteiger partial charge in [-0.05, 0) is 24.4 Å². The van der Waals surface area contributed by atoms with Crippen molar-refractivity contribution in [2.75, 3.05) is 11.9 Å². The first-order valence-electron chi connectivity index (χ1n) is 10.2. The standard InChI is InChI=1S/C18H23ClN6O6/c1-16(2)17(26)10(7-30-25(28)29)31-14(18(16,17)27)24-8-20-11-12(21-9-5-3-4-6-9)22-15(19)23-13(11)24/h8-10,14,26-27H,3-7H2,1-2H3,(H,21,22,23)/t10-,14-,17+,18-/m1/s1. The monoisotopic (exact) mass is 454 g/mol. The minimum atomic E-state index is -1.75. The molecule has 168 valence electrons. The molecule has 1 saturated heterocycles. The molecule has 0 unspecified atom stereocenters. The van der Waals surface area contributed by atoms with Gasteiger partial charge in [0.1, 0.15) is 23.9 Å². The molecule has 3 N–H and O–H groups in total. The minimum Gasteiger partial charge on any atom is -0.383 e. The zero-order valence-electron chi connectivity index (χ0n) is 17.0. The predicted molar refractivity (Wildman–Crippen MR) is 107 cm³/mol. The molecule has 2 saturated carbocycles. The summed E-state index contributed by atoms with van der Waals surface area (Å²) in [6.45, 7) is 2.80. The summed E-state index contributed by atoms with van der Waals surface area (Å²) in [4.78, 5) is 28.0. The van der Waals surface area contributed by atoms with Crippen LogP contribution >= 0.6 is 11.6 Å². The number of ether oxygens (including phenoxy) is 1. The third-order valence-corrected chi connectivity index (χ3v) is 7.38. The van der Waals surface area contributed by atoms with Crippen LogP contribution in [0.4, 0.5) is 5.82 Å². The molecule has 2 aliphatic carbocycles. The molecule has 5 rings (SSSR count). The minimum absolute atomic E-state index is 0.00159. The maximum atomic E-state index is 11.4. The number of aromatic nitrogens is 4. The fourth-order valence-electron chi connectivity index (χ4n) is 5.37. The van der Waals surface area contributed by atoms with Crippen molar-refractivity contribution >= 4 is 28.6 Å². The van der Waals surface area contributed by atoms with Crippen LogP contribution in [-0.4, -0.2) is 64.8 Å². The van der Waals surface area contributed by atoms with E-state index in [2.05, 4.69) is 25.1 Å². The maximum absolute atomic E-state index is 11.4. The summed E-state index contributed by atoms with van der Waals surface area (Å²) >= 11 is 6.17. The highest BCUT2D eigenvalue weighted by atomic mass is 35.5. The fraction of sp³-hybridized carbons (Fsp3) is 0.722. The van der Waals surface area contributed by atoms with Crippen molar-refractivity contribution in [1.29, 1.82) is 0 Å². The normalized spacial score (nSPS) is 34.1. The van der Waals surface area contributed by atoms with Gasteiger partial charge in [-0.25, -0.2) is 4.98 Å². The Kier molecular flexibility index (Phi) is 4.39. The van der Waals surface area contributed by atoms with Crippen LogP contribution < -0.4 is 5.32 Å². The summed E-state index contributed by atoms with van der Waals surface area (Å²) < 4.78 is 7.33. The van der Waals surface area contributed by atoms with Crippen LogP contribution in [0, 0.1) is 15.5 Å². The van der Waals surface area contributed by atoms with E-state index in [0.29, 0.717) is 17.0 Å². The van der Waals surface area contributed by atoms with Gasteiger partial charge in [-0.1, -0.05) is 26.7 Å². The van der Waals surface area contributed by atoms with Crippen molar-refractivity contribution < 1.29 is 24.9 Å². The van der Waals surface area contributed by atoms with Crippen molar-refractivity contribution in [2.45, 2.75) is 69.1 Å². The first-order chi connectivity index (χ1) is 14.6. The molecule has 1 aliphatic heterocycles. The summed E-state index contributed by atoms with van der Waals surface area (Å²) in [5, 5.41) is 35.7. The van der Waals surface area contributed by atoms with Gasteiger partial charge in [0.15, 0.2) is 23.2 Å². The summed E-state index contributed by atoms with van der Waals surface area (Å²) in [7, 11) is 0. The van der Waals surface area contributed by atoms with Gasteiger partial charge < -0.3 is 25.1 Å². The molecule has 0 amide bonds. The van der Waals surface area contributed by atoms with Gasteiger partial charge in [-0.3, -0.25) is 4.57 Å². The van der Waals surface area contributed by atoms with E-state index in [1.807, 2.05) is 0 Å². The molecule has 0 radical (unpaired) electrons. The van der Waals surface area contributed by atoms with E-state index < -0.39 is 40.6 Å². The molecular formula is C18H23ClN6O6. The van der Waals surface area contributed by atoms with Crippen LogP contribution in [0.3, 0.4) is 0 Å². The second-order valence-electron chi connectivity index (χ2n) is 8.95. The van der Waals surface area contributed by atoms with E-state index in [9.17, 15) is 20.3 Å². The zero-order chi connectivity index (χ0) is 22.2. The first-order valence-corrected chi connectivity index (χ1v) is 10.5. The highest BCUT2D eigenvalue weighted by molar-refractivity contribution is 6.28. The molecule has 13 heteroatoms. The molecule has 2 aromatic heterocycles. The average molecular weight is 455 g/mol. The molecule has 31 heavy (non-hydrogen) atoms. The Hall–Kier alpha value is -2.28. The van der Waals surface area contributed by atoms with Crippen LogP contribution in [0.2, 0.25) is 5.28 Å². The van der Waals surface area contributed by atoms with Crippen molar-refractivity contribution in [1.82, 2.24) is 19.5 Å². The predicted octanol–water partition coefficient (Wildman–Crippen LogP) is 1.44. The lowest BCUT2D eigenvalue weighted by atomic mass is 10.0. The van der Waals surface area contributed by atoms with E-state index in [0.717, 1.165) is 25.7 Å². The van der Waals surface area contributed by atoms with Crippen LogP contribution in [0.25, 0.3) is 11.2 Å². The highest BCUT2D eigenvalue weighted by Crippen LogP contribution is 2.75. The van der Waals surface area contributed by atoms with Gasteiger partial charge in [0, 0.05) is 11.5 Å². The molecule has 0 bridgehead atoms. The Morgan fingerprint density at radius 1 is 1.35 bits per heavy atom. The molecule has 4 atom stereocenters. The number of aliphatic hydroxyl groups is 2. The number of fused-ring (bicyclic) bond motifs is 2. The van der Waals surface area contributed by atoms with Gasteiger partial charge in [0.05, 0.1) is 6.33 Å². The molecule has 3 fully saturated rings. The fourth-order valence-corrected chi connectivity index (χ4v) is 5.54. The number of halogens is 1. The van der Waals surface area contributed by atoms with Crippen molar-refractivity contribution in [3.8, 4) is 0 Å². The smallest absolute Gasteiger partial charge is 0.294 e. The SMILES string of the molecule is CC1(C)[C@]2(O)[C@H](n3cnc4c(NC5CCCC5)nc(Cl)nc43)O[C@H](CO[N+](=O)[O-])[C@]12O. The largest absolute Gasteiger partial charge is 0.383 e. The Morgan fingerprint density at radius 3 is 2.74 bits per heavy atom. The molecule has 12 nitrogen and oxygen atoms in total.